The number of pyridine rings is 1. The van der Waals surface area contributed by atoms with Crippen LogP contribution in [0.3, 0.4) is 0 Å². The summed E-state index contributed by atoms with van der Waals surface area (Å²) in [5.41, 5.74) is 8.30. The molecule has 1 heterocycles. The number of unbranched alkanes of at least 4 members (excludes halogenated alkanes) is 2. The molecule has 172 valence electrons. The summed E-state index contributed by atoms with van der Waals surface area (Å²) in [6.07, 6.45) is 9.17. The van der Waals surface area contributed by atoms with Crippen molar-refractivity contribution in [1.29, 1.82) is 0 Å². The summed E-state index contributed by atoms with van der Waals surface area (Å²) in [4.78, 5) is 4.45. The highest BCUT2D eigenvalue weighted by atomic mass is 16.5. The molecule has 0 atom stereocenters. The first-order valence-electron chi connectivity index (χ1n) is 12.7. The number of ether oxygens (including phenoxy) is 1. The van der Waals surface area contributed by atoms with Crippen LogP contribution in [0.4, 0.5) is 0 Å². The van der Waals surface area contributed by atoms with Gasteiger partial charge in [-0.15, -0.1) is 0 Å². The largest absolute Gasteiger partial charge is 0.439 e. The van der Waals surface area contributed by atoms with Gasteiger partial charge in [0.05, 0.1) is 0 Å². The van der Waals surface area contributed by atoms with Crippen molar-refractivity contribution in [2.75, 3.05) is 0 Å². The molecule has 0 fully saturated rings. The van der Waals surface area contributed by atoms with Gasteiger partial charge >= 0.3 is 0 Å². The van der Waals surface area contributed by atoms with E-state index in [1.807, 2.05) is 36.5 Å². The van der Waals surface area contributed by atoms with Gasteiger partial charge in [-0.05, 0) is 70.5 Å². The third-order valence-corrected chi connectivity index (χ3v) is 7.22. The summed E-state index contributed by atoms with van der Waals surface area (Å²) >= 11 is 0. The van der Waals surface area contributed by atoms with E-state index in [1.54, 1.807) is 0 Å². The number of aromatic nitrogens is 1. The average molecular weight is 448 g/mol. The van der Waals surface area contributed by atoms with Gasteiger partial charge in [-0.25, -0.2) is 4.98 Å². The summed E-state index contributed by atoms with van der Waals surface area (Å²) in [6.45, 7) is 4.61. The van der Waals surface area contributed by atoms with Crippen molar-refractivity contribution in [2.45, 2.75) is 57.8 Å². The van der Waals surface area contributed by atoms with E-state index in [0.717, 1.165) is 11.3 Å². The number of rotatable bonds is 9. The van der Waals surface area contributed by atoms with Crippen molar-refractivity contribution in [1.82, 2.24) is 4.98 Å². The highest BCUT2D eigenvalue weighted by molar-refractivity contribution is 5.84. The molecule has 1 aliphatic rings. The number of para-hydroxylation sites is 1. The molecule has 0 amide bonds. The Morgan fingerprint density at radius 1 is 0.676 bits per heavy atom. The Morgan fingerprint density at radius 3 is 2.12 bits per heavy atom. The van der Waals surface area contributed by atoms with Crippen molar-refractivity contribution in [2.24, 2.45) is 0 Å². The molecule has 0 spiro atoms. The molecule has 1 aliphatic carbocycles. The van der Waals surface area contributed by atoms with Gasteiger partial charge in [-0.3, -0.25) is 0 Å². The van der Waals surface area contributed by atoms with Crippen LogP contribution in [0.25, 0.3) is 22.3 Å². The van der Waals surface area contributed by atoms with Crippen molar-refractivity contribution >= 4 is 0 Å². The smallest absolute Gasteiger partial charge is 0.219 e. The molecule has 2 heteroatoms. The maximum absolute atomic E-state index is 6.02. The van der Waals surface area contributed by atoms with Crippen LogP contribution in [0, 0.1) is 0 Å². The molecular formula is C32H33NO. The zero-order valence-corrected chi connectivity index (χ0v) is 20.3. The highest BCUT2D eigenvalue weighted by Crippen LogP contribution is 2.54. The van der Waals surface area contributed by atoms with Crippen LogP contribution in [-0.2, 0) is 5.41 Å². The van der Waals surface area contributed by atoms with Gasteiger partial charge in [0.2, 0.25) is 5.88 Å². The van der Waals surface area contributed by atoms with Crippen molar-refractivity contribution in [3.63, 3.8) is 0 Å². The third kappa shape index (κ3) is 4.14. The van der Waals surface area contributed by atoms with E-state index in [4.69, 9.17) is 4.74 Å². The zero-order chi connectivity index (χ0) is 23.4. The lowest BCUT2D eigenvalue weighted by atomic mass is 9.70. The van der Waals surface area contributed by atoms with Gasteiger partial charge in [0, 0.05) is 17.7 Å². The van der Waals surface area contributed by atoms with Gasteiger partial charge in [-0.2, -0.15) is 0 Å². The third-order valence-electron chi connectivity index (χ3n) is 7.22. The van der Waals surface area contributed by atoms with Crippen molar-refractivity contribution in [3.05, 3.63) is 102 Å². The fourth-order valence-corrected chi connectivity index (χ4v) is 5.51. The van der Waals surface area contributed by atoms with Crippen LogP contribution >= 0.6 is 0 Å². The normalized spacial score (nSPS) is 13.4. The Balaban J connectivity index is 1.57. The van der Waals surface area contributed by atoms with Gasteiger partial charge in [0.25, 0.3) is 0 Å². The second kappa shape index (κ2) is 9.85. The summed E-state index contributed by atoms with van der Waals surface area (Å²) in [5, 5.41) is 0. The Bertz CT molecular complexity index is 1250. The van der Waals surface area contributed by atoms with Gasteiger partial charge in [0.1, 0.15) is 5.75 Å². The minimum Gasteiger partial charge on any atom is -0.439 e. The van der Waals surface area contributed by atoms with Crippen LogP contribution in [0.1, 0.15) is 63.5 Å². The number of fused-ring (bicyclic) bond motifs is 3. The molecule has 0 aliphatic heterocycles. The van der Waals surface area contributed by atoms with E-state index in [9.17, 15) is 0 Å². The number of hydrogen-bond donors (Lipinski definition) is 0. The van der Waals surface area contributed by atoms with E-state index in [-0.39, 0.29) is 5.41 Å². The fourth-order valence-electron chi connectivity index (χ4n) is 5.51. The highest BCUT2D eigenvalue weighted by Gasteiger charge is 2.41. The second-order valence-corrected chi connectivity index (χ2v) is 9.39. The summed E-state index contributed by atoms with van der Waals surface area (Å²) in [7, 11) is 0. The van der Waals surface area contributed by atoms with Crippen LogP contribution in [0.2, 0.25) is 0 Å². The molecule has 0 radical (unpaired) electrons. The minimum atomic E-state index is 0.102. The molecule has 0 unspecified atom stereocenters. The second-order valence-electron chi connectivity index (χ2n) is 9.39. The first-order valence-corrected chi connectivity index (χ1v) is 12.7. The molecule has 34 heavy (non-hydrogen) atoms. The number of benzene rings is 3. The molecule has 2 nitrogen and oxygen atoms in total. The zero-order valence-electron chi connectivity index (χ0n) is 20.3. The van der Waals surface area contributed by atoms with E-state index in [0.29, 0.717) is 5.88 Å². The average Bonchev–Trinajstić information content (AvgIpc) is 3.16. The van der Waals surface area contributed by atoms with E-state index < -0.39 is 0 Å². The number of nitrogens with zero attached hydrogens (tertiary/aromatic N) is 1. The van der Waals surface area contributed by atoms with Crippen LogP contribution in [0.15, 0.2) is 91.1 Å². The maximum atomic E-state index is 6.02. The minimum absolute atomic E-state index is 0.102. The maximum Gasteiger partial charge on any atom is 0.219 e. The molecular weight excluding hydrogens is 414 g/mol. The van der Waals surface area contributed by atoms with Gasteiger partial charge in [0.15, 0.2) is 0 Å². The standard InChI is InChI=1S/C32H33NO/c1-3-5-19-32(20-6-4-2)29-15-11-10-14-27(29)28-17-16-24(22-30(28)32)25-18-21-33-31(23-25)34-26-12-8-7-9-13-26/h7-18,21-23H,3-6,19-20H2,1-2H3. The first kappa shape index (κ1) is 22.4. The van der Waals surface area contributed by atoms with Crippen molar-refractivity contribution in [3.8, 4) is 33.9 Å². The summed E-state index contributed by atoms with van der Waals surface area (Å²) in [5.74, 6) is 1.42. The predicted molar refractivity (Wildman–Crippen MR) is 141 cm³/mol. The monoisotopic (exact) mass is 447 g/mol. The van der Waals surface area contributed by atoms with Crippen molar-refractivity contribution < 1.29 is 4.74 Å². The predicted octanol–water partition coefficient (Wildman–Crippen LogP) is 9.19. The van der Waals surface area contributed by atoms with Gasteiger partial charge in [-0.1, -0.05) is 94.1 Å². The molecule has 3 aromatic carbocycles. The Kier molecular flexibility index (Phi) is 6.49. The van der Waals surface area contributed by atoms with Crippen LogP contribution < -0.4 is 4.74 Å². The molecule has 0 N–H and O–H groups in total. The van der Waals surface area contributed by atoms with E-state index >= 15 is 0 Å². The molecule has 5 rings (SSSR count). The lowest BCUT2D eigenvalue weighted by Crippen LogP contribution is -2.25. The Labute approximate surface area is 203 Å². The molecule has 0 saturated carbocycles. The lowest BCUT2D eigenvalue weighted by Gasteiger charge is -2.33. The Morgan fingerprint density at radius 2 is 1.35 bits per heavy atom. The molecule has 0 bridgehead atoms. The molecule has 4 aromatic rings. The summed E-state index contributed by atoms with van der Waals surface area (Å²) < 4.78 is 6.02. The van der Waals surface area contributed by atoms with Gasteiger partial charge < -0.3 is 4.74 Å². The van der Waals surface area contributed by atoms with E-state index in [1.165, 1.54) is 66.3 Å². The van der Waals surface area contributed by atoms with E-state index in [2.05, 4.69) is 73.4 Å². The Hall–Kier alpha value is -3.39. The summed E-state index contributed by atoms with van der Waals surface area (Å²) in [6, 6.07) is 30.1. The number of hydrogen-bond acceptors (Lipinski definition) is 2. The topological polar surface area (TPSA) is 22.1 Å². The van der Waals surface area contributed by atoms with Crippen LogP contribution in [-0.4, -0.2) is 4.98 Å². The SMILES string of the molecule is CCCCC1(CCCC)c2ccccc2-c2ccc(-c3ccnc(Oc4ccccc4)c3)cc21. The molecule has 1 aromatic heterocycles. The first-order chi connectivity index (χ1) is 16.7. The quantitative estimate of drug-likeness (QED) is 0.255. The lowest BCUT2D eigenvalue weighted by molar-refractivity contribution is 0.414. The van der Waals surface area contributed by atoms with Crippen LogP contribution in [0.5, 0.6) is 11.6 Å². The fraction of sp³-hybridized carbons (Fsp3) is 0.281. The molecule has 0 saturated heterocycles.